The van der Waals surface area contributed by atoms with Crippen molar-refractivity contribution < 1.29 is 18.4 Å². The standard InChI is InChI=1S/C12H10F2N4O3/c13-12(14)21-9-4-2-1-3-7(9)16-10-6-5-8(18(19)20)11(15)17-10/h1-6,12H,(H3,15,16,17). The van der Waals surface area contributed by atoms with Crippen molar-refractivity contribution in [3.05, 3.63) is 46.5 Å². The molecule has 2 rings (SSSR count). The quantitative estimate of drug-likeness (QED) is 0.649. The second-order valence-corrected chi connectivity index (χ2v) is 3.86. The van der Waals surface area contributed by atoms with Crippen molar-refractivity contribution in [1.82, 2.24) is 4.98 Å². The van der Waals surface area contributed by atoms with Crippen molar-refractivity contribution in [2.75, 3.05) is 11.1 Å². The Kier molecular flexibility index (Phi) is 4.12. The number of nitro groups is 1. The van der Waals surface area contributed by atoms with Gasteiger partial charge in [-0.05, 0) is 18.2 Å². The molecule has 0 aliphatic rings. The number of hydrogen-bond donors (Lipinski definition) is 2. The van der Waals surface area contributed by atoms with Gasteiger partial charge in [-0.2, -0.15) is 8.78 Å². The van der Waals surface area contributed by atoms with Gasteiger partial charge in [0.15, 0.2) is 0 Å². The lowest BCUT2D eigenvalue weighted by molar-refractivity contribution is -0.384. The number of anilines is 3. The number of nitrogens with one attached hydrogen (secondary N) is 1. The molecule has 0 saturated carbocycles. The van der Waals surface area contributed by atoms with Crippen LogP contribution in [0.1, 0.15) is 0 Å². The Morgan fingerprint density at radius 3 is 2.62 bits per heavy atom. The van der Waals surface area contributed by atoms with Gasteiger partial charge in [-0.3, -0.25) is 10.1 Å². The zero-order valence-electron chi connectivity index (χ0n) is 10.5. The highest BCUT2D eigenvalue weighted by Crippen LogP contribution is 2.29. The molecule has 0 saturated heterocycles. The zero-order chi connectivity index (χ0) is 15.4. The average Bonchev–Trinajstić information content (AvgIpc) is 2.40. The summed E-state index contributed by atoms with van der Waals surface area (Å²) in [6, 6.07) is 8.46. The molecule has 0 spiro atoms. The number of nitrogens with two attached hydrogens (primary N) is 1. The SMILES string of the molecule is Nc1nc(Nc2ccccc2OC(F)F)ccc1[N+](=O)[O-]. The molecule has 1 aromatic heterocycles. The summed E-state index contributed by atoms with van der Waals surface area (Å²) >= 11 is 0. The number of para-hydroxylation sites is 2. The number of halogens is 2. The van der Waals surface area contributed by atoms with E-state index in [4.69, 9.17) is 5.73 Å². The van der Waals surface area contributed by atoms with E-state index in [0.29, 0.717) is 0 Å². The maximum atomic E-state index is 12.3. The predicted octanol–water partition coefficient (Wildman–Crippen LogP) is 2.92. The lowest BCUT2D eigenvalue weighted by Crippen LogP contribution is -2.05. The predicted molar refractivity (Wildman–Crippen MR) is 71.7 cm³/mol. The molecule has 9 heteroatoms. The van der Waals surface area contributed by atoms with Crippen LogP contribution in [0.25, 0.3) is 0 Å². The lowest BCUT2D eigenvalue weighted by atomic mass is 10.3. The van der Waals surface area contributed by atoms with E-state index in [1.54, 1.807) is 6.07 Å². The monoisotopic (exact) mass is 296 g/mol. The number of ether oxygens (including phenoxy) is 1. The summed E-state index contributed by atoms with van der Waals surface area (Å²) in [5, 5.41) is 13.3. The highest BCUT2D eigenvalue weighted by molar-refractivity contribution is 5.66. The zero-order valence-corrected chi connectivity index (χ0v) is 10.5. The Hall–Kier alpha value is -2.97. The molecule has 7 nitrogen and oxygen atoms in total. The largest absolute Gasteiger partial charge is 0.433 e. The van der Waals surface area contributed by atoms with Gasteiger partial charge in [-0.15, -0.1) is 0 Å². The molecule has 0 bridgehead atoms. The van der Waals surface area contributed by atoms with Crippen LogP contribution in [0.5, 0.6) is 5.75 Å². The third kappa shape index (κ3) is 3.53. The lowest BCUT2D eigenvalue weighted by Gasteiger charge is -2.12. The van der Waals surface area contributed by atoms with Gasteiger partial charge in [0.25, 0.3) is 0 Å². The Labute approximate surface area is 117 Å². The van der Waals surface area contributed by atoms with Gasteiger partial charge in [0.1, 0.15) is 11.6 Å². The summed E-state index contributed by atoms with van der Waals surface area (Å²) < 4.78 is 28.9. The molecule has 0 unspecified atom stereocenters. The molecule has 0 radical (unpaired) electrons. The Bertz CT molecular complexity index is 667. The van der Waals surface area contributed by atoms with E-state index in [0.717, 1.165) is 0 Å². The molecule has 1 aromatic carbocycles. The van der Waals surface area contributed by atoms with E-state index in [1.165, 1.54) is 30.3 Å². The van der Waals surface area contributed by atoms with Gasteiger partial charge in [0, 0.05) is 6.07 Å². The molecule has 110 valence electrons. The first-order valence-electron chi connectivity index (χ1n) is 5.69. The van der Waals surface area contributed by atoms with Crippen LogP contribution in [-0.2, 0) is 0 Å². The van der Waals surface area contributed by atoms with Crippen LogP contribution in [0.15, 0.2) is 36.4 Å². The summed E-state index contributed by atoms with van der Waals surface area (Å²) in [5.74, 6) is -0.188. The number of hydrogen-bond acceptors (Lipinski definition) is 6. The van der Waals surface area contributed by atoms with Gasteiger partial charge < -0.3 is 15.8 Å². The number of aromatic nitrogens is 1. The molecule has 3 N–H and O–H groups in total. The summed E-state index contributed by atoms with van der Waals surface area (Å²) in [6.07, 6.45) is 0. The molecule has 1 heterocycles. The van der Waals surface area contributed by atoms with Crippen molar-refractivity contribution in [2.45, 2.75) is 6.61 Å². The summed E-state index contributed by atoms with van der Waals surface area (Å²) in [7, 11) is 0. The molecular weight excluding hydrogens is 286 g/mol. The van der Waals surface area contributed by atoms with Gasteiger partial charge in [-0.1, -0.05) is 12.1 Å². The summed E-state index contributed by atoms with van der Waals surface area (Å²) in [4.78, 5) is 13.8. The molecule has 0 fully saturated rings. The Morgan fingerprint density at radius 2 is 2.00 bits per heavy atom. The fourth-order valence-electron chi connectivity index (χ4n) is 1.60. The van der Waals surface area contributed by atoms with E-state index in [1.807, 2.05) is 0 Å². The second kappa shape index (κ2) is 5.99. The van der Waals surface area contributed by atoms with Crippen molar-refractivity contribution in [2.24, 2.45) is 0 Å². The highest BCUT2D eigenvalue weighted by atomic mass is 19.3. The normalized spacial score (nSPS) is 10.4. The van der Waals surface area contributed by atoms with Crippen molar-refractivity contribution in [1.29, 1.82) is 0 Å². The molecular formula is C12H10F2N4O3. The Balaban J connectivity index is 2.26. The fraction of sp³-hybridized carbons (Fsp3) is 0.0833. The van der Waals surface area contributed by atoms with E-state index < -0.39 is 11.5 Å². The van der Waals surface area contributed by atoms with Crippen molar-refractivity contribution >= 4 is 23.0 Å². The highest BCUT2D eigenvalue weighted by Gasteiger charge is 2.14. The minimum Gasteiger partial charge on any atom is -0.433 e. The van der Waals surface area contributed by atoms with Crippen LogP contribution >= 0.6 is 0 Å². The van der Waals surface area contributed by atoms with Crippen LogP contribution in [0.3, 0.4) is 0 Å². The van der Waals surface area contributed by atoms with E-state index in [-0.39, 0.29) is 28.8 Å². The van der Waals surface area contributed by atoms with Gasteiger partial charge in [-0.25, -0.2) is 4.98 Å². The van der Waals surface area contributed by atoms with E-state index in [2.05, 4.69) is 15.0 Å². The van der Waals surface area contributed by atoms with E-state index >= 15 is 0 Å². The topological polar surface area (TPSA) is 103 Å². The first-order valence-corrected chi connectivity index (χ1v) is 5.69. The first kappa shape index (κ1) is 14.4. The molecule has 0 atom stereocenters. The number of benzene rings is 1. The second-order valence-electron chi connectivity index (χ2n) is 3.86. The van der Waals surface area contributed by atoms with Crippen LogP contribution in [0.2, 0.25) is 0 Å². The molecule has 0 aliphatic heterocycles. The summed E-state index contributed by atoms with van der Waals surface area (Å²) in [5.41, 5.74) is 5.35. The number of alkyl halides is 2. The molecule has 0 amide bonds. The number of nitrogen functional groups attached to an aromatic ring is 1. The van der Waals surface area contributed by atoms with Gasteiger partial charge in [0.05, 0.1) is 10.6 Å². The first-order chi connectivity index (χ1) is 9.97. The number of rotatable bonds is 5. The number of pyridine rings is 1. The van der Waals surface area contributed by atoms with Crippen LogP contribution in [0, 0.1) is 10.1 Å². The van der Waals surface area contributed by atoms with Crippen molar-refractivity contribution in [3.63, 3.8) is 0 Å². The van der Waals surface area contributed by atoms with Crippen LogP contribution in [-0.4, -0.2) is 16.5 Å². The Morgan fingerprint density at radius 1 is 1.29 bits per heavy atom. The maximum Gasteiger partial charge on any atom is 0.387 e. The van der Waals surface area contributed by atoms with Gasteiger partial charge in [0.2, 0.25) is 5.82 Å². The minimum atomic E-state index is -2.97. The molecule has 0 aliphatic carbocycles. The minimum absolute atomic E-state index is 0.0776. The van der Waals surface area contributed by atoms with Gasteiger partial charge >= 0.3 is 12.3 Å². The molecule has 2 aromatic rings. The van der Waals surface area contributed by atoms with Crippen LogP contribution < -0.4 is 15.8 Å². The third-order valence-corrected chi connectivity index (χ3v) is 2.46. The third-order valence-electron chi connectivity index (χ3n) is 2.46. The molecule has 21 heavy (non-hydrogen) atoms. The number of nitrogens with zero attached hydrogens (tertiary/aromatic N) is 2. The van der Waals surface area contributed by atoms with Crippen molar-refractivity contribution in [3.8, 4) is 5.75 Å². The van der Waals surface area contributed by atoms with Crippen LogP contribution in [0.4, 0.5) is 31.8 Å². The maximum absolute atomic E-state index is 12.3. The van der Waals surface area contributed by atoms with E-state index in [9.17, 15) is 18.9 Å². The average molecular weight is 296 g/mol. The fourth-order valence-corrected chi connectivity index (χ4v) is 1.60. The smallest absolute Gasteiger partial charge is 0.387 e. The summed E-state index contributed by atoms with van der Waals surface area (Å²) in [6.45, 7) is -2.97.